The van der Waals surface area contributed by atoms with Gasteiger partial charge in [0.25, 0.3) is 0 Å². The fourth-order valence-electron chi connectivity index (χ4n) is 3.70. The summed E-state index contributed by atoms with van der Waals surface area (Å²) in [6.45, 7) is 0. The second-order valence-electron chi connectivity index (χ2n) is 7.09. The van der Waals surface area contributed by atoms with Gasteiger partial charge in [-0.3, -0.25) is 0 Å². The molecule has 0 amide bonds. The van der Waals surface area contributed by atoms with Crippen LogP contribution in [0.25, 0.3) is 50.1 Å². The fraction of sp³-hybridized carbons (Fsp3) is 0. The van der Waals surface area contributed by atoms with E-state index in [0.29, 0.717) is 5.82 Å². The van der Waals surface area contributed by atoms with E-state index in [1.807, 2.05) is 48.5 Å². The molecule has 4 heterocycles. The number of fused-ring (bicyclic) bond motifs is 2. The molecule has 31 heavy (non-hydrogen) atoms. The summed E-state index contributed by atoms with van der Waals surface area (Å²) in [7, 11) is 0. The van der Waals surface area contributed by atoms with Gasteiger partial charge in [0.2, 0.25) is 0 Å². The van der Waals surface area contributed by atoms with Crippen molar-refractivity contribution in [3.05, 3.63) is 91.4 Å². The number of rotatable bonds is 3. The zero-order valence-corrected chi connectivity index (χ0v) is 16.3. The van der Waals surface area contributed by atoms with Gasteiger partial charge in [0.05, 0.1) is 22.4 Å². The van der Waals surface area contributed by atoms with Crippen LogP contribution >= 0.6 is 0 Å². The van der Waals surface area contributed by atoms with Gasteiger partial charge >= 0.3 is 0 Å². The molecule has 6 rings (SSSR count). The maximum absolute atomic E-state index is 4.99. The van der Waals surface area contributed by atoms with Crippen molar-refractivity contribution in [3.8, 4) is 28.3 Å². The molecule has 0 atom stereocenters. The van der Waals surface area contributed by atoms with E-state index in [2.05, 4.69) is 50.7 Å². The summed E-state index contributed by atoms with van der Waals surface area (Å²) in [5, 5.41) is 13.9. The lowest BCUT2D eigenvalue weighted by Crippen LogP contribution is -2.01. The van der Waals surface area contributed by atoms with Gasteiger partial charge in [-0.15, -0.1) is 15.0 Å². The largest absolute Gasteiger partial charge is 0.246 e. The highest BCUT2D eigenvalue weighted by atomic mass is 15.6. The van der Waals surface area contributed by atoms with Crippen LogP contribution < -0.4 is 0 Å². The van der Waals surface area contributed by atoms with Gasteiger partial charge < -0.3 is 0 Å². The zero-order valence-electron chi connectivity index (χ0n) is 16.3. The Morgan fingerprint density at radius 3 is 2.45 bits per heavy atom. The van der Waals surface area contributed by atoms with Crippen LogP contribution in [-0.4, -0.2) is 35.2 Å². The van der Waals surface area contributed by atoms with Crippen LogP contribution in [0, 0.1) is 0 Å². The van der Waals surface area contributed by atoms with Crippen molar-refractivity contribution in [3.63, 3.8) is 0 Å². The third-order valence-electron chi connectivity index (χ3n) is 5.19. The smallest absolute Gasteiger partial charge is 0.176 e. The Balaban J connectivity index is 1.51. The maximum Gasteiger partial charge on any atom is 0.176 e. The molecule has 6 aromatic rings. The molecule has 7 heteroatoms. The van der Waals surface area contributed by atoms with Gasteiger partial charge in [-0.1, -0.05) is 48.5 Å². The Hall–Kier alpha value is -4.52. The van der Waals surface area contributed by atoms with Crippen LogP contribution in [0.15, 0.2) is 91.4 Å². The number of tetrazole rings is 1. The Kier molecular flexibility index (Phi) is 3.96. The summed E-state index contributed by atoms with van der Waals surface area (Å²) in [4.78, 5) is 15.5. The standard InChI is InChI=1S/C24H15N7/c1-2-7-20-16(4-1)8-10-21(28-20)22-11-9-17-5-3-6-19(24(17)29-22)18-12-13-25-23(14-18)31-27-15-26-30-31/h1-15H. The van der Waals surface area contributed by atoms with Gasteiger partial charge in [0, 0.05) is 22.5 Å². The molecular weight excluding hydrogens is 386 g/mol. The minimum absolute atomic E-state index is 0.597. The van der Waals surface area contributed by atoms with Crippen molar-refractivity contribution in [2.45, 2.75) is 0 Å². The monoisotopic (exact) mass is 401 g/mol. The summed E-state index contributed by atoms with van der Waals surface area (Å²) < 4.78 is 0. The van der Waals surface area contributed by atoms with Crippen LogP contribution in [0.5, 0.6) is 0 Å². The van der Waals surface area contributed by atoms with Gasteiger partial charge in [-0.05, 0) is 41.1 Å². The van der Waals surface area contributed by atoms with Crippen molar-refractivity contribution < 1.29 is 0 Å². The lowest BCUT2D eigenvalue weighted by molar-refractivity contribution is 0.701. The predicted octanol–water partition coefficient (Wildman–Crippen LogP) is 4.49. The number of hydrogen-bond donors (Lipinski definition) is 0. The van der Waals surface area contributed by atoms with E-state index in [1.165, 1.54) is 11.1 Å². The summed E-state index contributed by atoms with van der Waals surface area (Å²) in [6, 6.07) is 26.3. The van der Waals surface area contributed by atoms with Crippen molar-refractivity contribution in [1.82, 2.24) is 35.2 Å². The van der Waals surface area contributed by atoms with E-state index in [-0.39, 0.29) is 0 Å². The first-order chi connectivity index (χ1) is 15.3. The molecule has 0 aliphatic heterocycles. The molecule has 0 fully saturated rings. The molecule has 7 nitrogen and oxygen atoms in total. The average molecular weight is 401 g/mol. The lowest BCUT2D eigenvalue weighted by atomic mass is 10.0. The van der Waals surface area contributed by atoms with Crippen LogP contribution in [0.2, 0.25) is 0 Å². The van der Waals surface area contributed by atoms with E-state index in [0.717, 1.165) is 44.3 Å². The minimum atomic E-state index is 0.597. The molecule has 2 aromatic carbocycles. The molecule has 0 aliphatic rings. The number of hydrogen-bond acceptors (Lipinski definition) is 6. The van der Waals surface area contributed by atoms with Gasteiger partial charge in [0.15, 0.2) is 12.1 Å². The summed E-state index contributed by atoms with van der Waals surface area (Å²) >= 11 is 0. The summed E-state index contributed by atoms with van der Waals surface area (Å²) in [5.41, 5.74) is 5.51. The first kappa shape index (κ1) is 17.3. The molecular formula is C24H15N7. The van der Waals surface area contributed by atoms with Crippen molar-refractivity contribution in [2.24, 2.45) is 0 Å². The third-order valence-corrected chi connectivity index (χ3v) is 5.19. The normalized spacial score (nSPS) is 11.2. The van der Waals surface area contributed by atoms with Crippen molar-refractivity contribution in [2.75, 3.05) is 0 Å². The Morgan fingerprint density at radius 1 is 0.710 bits per heavy atom. The molecule has 0 N–H and O–H groups in total. The average Bonchev–Trinajstić information content (AvgIpc) is 3.38. The van der Waals surface area contributed by atoms with E-state index in [1.54, 1.807) is 6.20 Å². The van der Waals surface area contributed by atoms with Crippen LogP contribution in [0.3, 0.4) is 0 Å². The molecule has 0 saturated heterocycles. The van der Waals surface area contributed by atoms with E-state index in [9.17, 15) is 0 Å². The Bertz CT molecular complexity index is 1540. The number of benzene rings is 2. The molecule has 0 spiro atoms. The highest BCUT2D eigenvalue weighted by Crippen LogP contribution is 2.30. The highest BCUT2D eigenvalue weighted by Gasteiger charge is 2.11. The lowest BCUT2D eigenvalue weighted by Gasteiger charge is -2.09. The SMILES string of the molecule is c1ccc2nc(-c3ccc4cccc(-c5ccnc(-n6ncnn6)c5)c4n3)ccc2c1. The molecule has 146 valence electrons. The number of pyridine rings is 3. The third kappa shape index (κ3) is 3.08. The first-order valence-corrected chi connectivity index (χ1v) is 9.81. The molecule has 0 bridgehead atoms. The molecule has 0 unspecified atom stereocenters. The summed E-state index contributed by atoms with van der Waals surface area (Å²) in [5.74, 6) is 0.597. The minimum Gasteiger partial charge on any atom is -0.246 e. The molecule has 0 saturated carbocycles. The van der Waals surface area contributed by atoms with Gasteiger partial charge in [-0.25, -0.2) is 15.0 Å². The van der Waals surface area contributed by atoms with E-state index >= 15 is 0 Å². The van der Waals surface area contributed by atoms with Gasteiger partial charge in [-0.2, -0.15) is 0 Å². The van der Waals surface area contributed by atoms with Gasteiger partial charge in [0.1, 0.15) is 0 Å². The van der Waals surface area contributed by atoms with Crippen molar-refractivity contribution >= 4 is 21.8 Å². The topological polar surface area (TPSA) is 82.3 Å². The quantitative estimate of drug-likeness (QED) is 0.435. The highest BCUT2D eigenvalue weighted by molar-refractivity contribution is 5.95. The second-order valence-corrected chi connectivity index (χ2v) is 7.09. The number of nitrogens with zero attached hydrogens (tertiary/aromatic N) is 7. The molecule has 4 aromatic heterocycles. The Morgan fingerprint density at radius 2 is 1.55 bits per heavy atom. The van der Waals surface area contributed by atoms with Crippen LogP contribution in [0.1, 0.15) is 0 Å². The number of para-hydroxylation sites is 2. The van der Waals surface area contributed by atoms with Crippen LogP contribution in [-0.2, 0) is 0 Å². The summed E-state index contributed by atoms with van der Waals surface area (Å²) in [6.07, 6.45) is 3.12. The van der Waals surface area contributed by atoms with E-state index in [4.69, 9.17) is 9.97 Å². The zero-order chi connectivity index (χ0) is 20.6. The maximum atomic E-state index is 4.99. The fourth-order valence-corrected chi connectivity index (χ4v) is 3.70. The van der Waals surface area contributed by atoms with E-state index < -0.39 is 0 Å². The van der Waals surface area contributed by atoms with Crippen LogP contribution in [0.4, 0.5) is 0 Å². The predicted molar refractivity (Wildman–Crippen MR) is 118 cm³/mol. The number of aromatic nitrogens is 7. The molecule has 0 aliphatic carbocycles. The second kappa shape index (κ2) is 7.07. The van der Waals surface area contributed by atoms with Crippen molar-refractivity contribution in [1.29, 1.82) is 0 Å². The Labute approximate surface area is 177 Å². The molecule has 0 radical (unpaired) electrons. The first-order valence-electron chi connectivity index (χ1n) is 9.81.